The topological polar surface area (TPSA) is 63.2 Å². The normalized spacial score (nSPS) is 12.5. The van der Waals surface area contributed by atoms with E-state index in [0.29, 0.717) is 6.42 Å². The van der Waals surface area contributed by atoms with Crippen molar-refractivity contribution < 1.29 is 13.2 Å². The number of hydrogen-bond donors (Lipinski definition) is 1. The maximum Gasteiger partial charge on any atom is 0.241 e. The summed E-state index contributed by atoms with van der Waals surface area (Å²) in [5.41, 5.74) is 2.85. The van der Waals surface area contributed by atoms with Crippen LogP contribution in [0.25, 0.3) is 11.1 Å². The van der Waals surface area contributed by atoms with Crippen molar-refractivity contribution in [2.24, 2.45) is 0 Å². The zero-order chi connectivity index (χ0) is 19.3. The summed E-state index contributed by atoms with van der Waals surface area (Å²) < 4.78 is 28.0. The molecule has 0 aliphatic rings. The predicted molar refractivity (Wildman–Crippen MR) is 107 cm³/mol. The summed E-state index contributed by atoms with van der Waals surface area (Å²) in [5, 5.41) is 0. The van der Waals surface area contributed by atoms with Crippen LogP contribution in [0.5, 0.6) is 0 Å². The molecule has 1 unspecified atom stereocenters. The first kappa shape index (κ1) is 19.0. The van der Waals surface area contributed by atoms with Crippen molar-refractivity contribution in [2.75, 3.05) is 0 Å². The lowest BCUT2D eigenvalue weighted by Gasteiger charge is -2.16. The van der Waals surface area contributed by atoms with E-state index in [1.54, 1.807) is 24.3 Å². The Hall–Kier alpha value is -2.76. The Morgan fingerprint density at radius 3 is 1.89 bits per heavy atom. The fourth-order valence-electron chi connectivity index (χ4n) is 2.83. The van der Waals surface area contributed by atoms with Gasteiger partial charge in [-0.25, -0.2) is 13.1 Å². The highest BCUT2D eigenvalue weighted by Gasteiger charge is 2.23. The third-order valence-corrected chi connectivity index (χ3v) is 5.83. The quantitative estimate of drug-likeness (QED) is 0.678. The first-order chi connectivity index (χ1) is 13.0. The molecule has 0 saturated carbocycles. The van der Waals surface area contributed by atoms with E-state index >= 15 is 0 Å². The van der Waals surface area contributed by atoms with Crippen molar-refractivity contribution in [1.82, 2.24) is 4.72 Å². The Bertz CT molecular complexity index is 998. The van der Waals surface area contributed by atoms with Crippen LogP contribution in [0.15, 0.2) is 89.8 Å². The van der Waals surface area contributed by atoms with Gasteiger partial charge in [0, 0.05) is 0 Å². The molecule has 0 spiro atoms. The second-order valence-corrected chi connectivity index (χ2v) is 8.08. The van der Waals surface area contributed by atoms with Crippen molar-refractivity contribution in [1.29, 1.82) is 0 Å². The van der Waals surface area contributed by atoms with Crippen molar-refractivity contribution in [2.45, 2.75) is 24.3 Å². The minimum Gasteiger partial charge on any atom is -0.298 e. The van der Waals surface area contributed by atoms with Crippen LogP contribution in [0.1, 0.15) is 12.5 Å². The zero-order valence-corrected chi connectivity index (χ0v) is 15.8. The van der Waals surface area contributed by atoms with Crippen LogP contribution in [0.4, 0.5) is 0 Å². The number of hydrogen-bond acceptors (Lipinski definition) is 3. The van der Waals surface area contributed by atoms with Gasteiger partial charge in [-0.2, -0.15) is 0 Å². The van der Waals surface area contributed by atoms with Gasteiger partial charge < -0.3 is 0 Å². The molecule has 3 aromatic carbocycles. The van der Waals surface area contributed by atoms with E-state index in [0.717, 1.165) is 16.7 Å². The molecule has 0 aliphatic heterocycles. The lowest BCUT2D eigenvalue weighted by molar-refractivity contribution is -0.118. The van der Waals surface area contributed by atoms with E-state index in [1.165, 1.54) is 6.92 Å². The molecule has 0 aromatic heterocycles. The first-order valence-electron chi connectivity index (χ1n) is 8.68. The summed E-state index contributed by atoms with van der Waals surface area (Å²) in [6.45, 7) is 1.40. The second-order valence-electron chi connectivity index (χ2n) is 6.36. The number of rotatable bonds is 7. The van der Waals surface area contributed by atoms with Crippen LogP contribution >= 0.6 is 0 Å². The van der Waals surface area contributed by atoms with Gasteiger partial charge in [-0.15, -0.1) is 0 Å². The van der Waals surface area contributed by atoms with Crippen molar-refractivity contribution in [3.8, 4) is 11.1 Å². The molecule has 0 radical (unpaired) electrons. The highest BCUT2D eigenvalue weighted by molar-refractivity contribution is 7.89. The second kappa shape index (κ2) is 8.29. The van der Waals surface area contributed by atoms with E-state index in [2.05, 4.69) is 4.72 Å². The summed E-state index contributed by atoms with van der Waals surface area (Å²) in [7, 11) is -3.79. The highest BCUT2D eigenvalue weighted by Crippen LogP contribution is 2.21. The molecule has 0 amide bonds. The number of sulfonamides is 1. The summed E-state index contributed by atoms with van der Waals surface area (Å²) in [6, 6.07) is 24.9. The molecule has 27 heavy (non-hydrogen) atoms. The SMILES string of the molecule is CC(=O)C(Cc1ccccc1)NS(=O)(=O)c1ccc(-c2ccccc2)cc1. The summed E-state index contributed by atoms with van der Waals surface area (Å²) in [6.07, 6.45) is 0.317. The van der Waals surface area contributed by atoms with Crippen LogP contribution in [0.2, 0.25) is 0 Å². The fraction of sp³-hybridized carbons (Fsp3) is 0.136. The lowest BCUT2D eigenvalue weighted by Crippen LogP contribution is -2.41. The Labute approximate surface area is 159 Å². The van der Waals surface area contributed by atoms with E-state index in [9.17, 15) is 13.2 Å². The first-order valence-corrected chi connectivity index (χ1v) is 10.2. The van der Waals surface area contributed by atoms with Gasteiger partial charge in [0.05, 0.1) is 10.9 Å². The van der Waals surface area contributed by atoms with Gasteiger partial charge in [0.15, 0.2) is 0 Å². The molecular formula is C22H21NO3S. The van der Waals surface area contributed by atoms with Gasteiger partial charge in [0.1, 0.15) is 5.78 Å². The molecular weight excluding hydrogens is 358 g/mol. The van der Waals surface area contributed by atoms with Gasteiger partial charge in [-0.05, 0) is 42.2 Å². The monoisotopic (exact) mass is 379 g/mol. The standard InChI is InChI=1S/C22H21NO3S/c1-17(24)22(16-18-8-4-2-5-9-18)23-27(25,26)21-14-12-20(13-15-21)19-10-6-3-7-11-19/h2-15,22-23H,16H2,1H3. The van der Waals surface area contributed by atoms with E-state index in [-0.39, 0.29) is 10.7 Å². The Balaban J connectivity index is 1.79. The maximum atomic E-state index is 12.7. The van der Waals surface area contributed by atoms with Gasteiger partial charge in [0.2, 0.25) is 10.0 Å². The molecule has 5 heteroatoms. The maximum absolute atomic E-state index is 12.7. The van der Waals surface area contributed by atoms with Crippen molar-refractivity contribution in [3.63, 3.8) is 0 Å². The lowest BCUT2D eigenvalue weighted by atomic mass is 10.0. The molecule has 4 nitrogen and oxygen atoms in total. The van der Waals surface area contributed by atoms with Crippen LogP contribution in [0, 0.1) is 0 Å². The van der Waals surface area contributed by atoms with E-state index < -0.39 is 16.1 Å². The minimum absolute atomic E-state index is 0.140. The smallest absolute Gasteiger partial charge is 0.241 e. The number of nitrogens with one attached hydrogen (secondary N) is 1. The Morgan fingerprint density at radius 2 is 1.33 bits per heavy atom. The third-order valence-electron chi connectivity index (χ3n) is 4.34. The molecule has 0 heterocycles. The minimum atomic E-state index is -3.79. The number of ketones is 1. The Kier molecular flexibility index (Phi) is 5.84. The number of benzene rings is 3. The summed E-state index contributed by atoms with van der Waals surface area (Å²) in [5.74, 6) is -0.219. The number of carbonyl (C=O) groups excluding carboxylic acids is 1. The summed E-state index contributed by atoms with van der Waals surface area (Å²) >= 11 is 0. The molecule has 1 N–H and O–H groups in total. The number of carbonyl (C=O) groups is 1. The molecule has 0 saturated heterocycles. The van der Waals surface area contributed by atoms with Crippen LogP contribution in [-0.4, -0.2) is 20.2 Å². The van der Waals surface area contributed by atoms with E-state index in [4.69, 9.17) is 0 Å². The van der Waals surface area contributed by atoms with Gasteiger partial charge in [-0.3, -0.25) is 4.79 Å². The van der Waals surface area contributed by atoms with E-state index in [1.807, 2.05) is 60.7 Å². The largest absolute Gasteiger partial charge is 0.298 e. The average molecular weight is 379 g/mol. The molecule has 3 rings (SSSR count). The molecule has 0 aliphatic carbocycles. The van der Waals surface area contributed by atoms with Crippen LogP contribution in [-0.2, 0) is 21.2 Å². The third kappa shape index (κ3) is 4.90. The molecule has 0 fully saturated rings. The molecule has 3 aromatic rings. The van der Waals surface area contributed by atoms with Gasteiger partial charge in [-0.1, -0.05) is 72.8 Å². The van der Waals surface area contributed by atoms with Gasteiger partial charge >= 0.3 is 0 Å². The summed E-state index contributed by atoms with van der Waals surface area (Å²) in [4.78, 5) is 12.1. The molecule has 1 atom stereocenters. The highest BCUT2D eigenvalue weighted by atomic mass is 32.2. The fourth-order valence-corrected chi connectivity index (χ4v) is 4.08. The molecule has 0 bridgehead atoms. The number of Topliss-reactive ketones (excluding diaryl/α,β-unsaturated/α-hetero) is 1. The van der Waals surface area contributed by atoms with Crippen molar-refractivity contribution >= 4 is 15.8 Å². The molecule has 138 valence electrons. The van der Waals surface area contributed by atoms with Crippen LogP contribution in [0.3, 0.4) is 0 Å². The van der Waals surface area contributed by atoms with Crippen LogP contribution < -0.4 is 4.72 Å². The average Bonchev–Trinajstić information content (AvgIpc) is 2.69. The van der Waals surface area contributed by atoms with Gasteiger partial charge in [0.25, 0.3) is 0 Å². The van der Waals surface area contributed by atoms with Crippen molar-refractivity contribution in [3.05, 3.63) is 90.5 Å². The Morgan fingerprint density at radius 1 is 0.815 bits per heavy atom. The zero-order valence-electron chi connectivity index (χ0n) is 15.0. The predicted octanol–water partition coefficient (Wildman–Crippen LogP) is 3.83.